The van der Waals surface area contributed by atoms with Crippen LogP contribution in [0.1, 0.15) is 16.9 Å². The molecule has 5 heterocycles. The fourth-order valence-corrected chi connectivity index (χ4v) is 6.00. The zero-order valence-electron chi connectivity index (χ0n) is 17.8. The SMILES string of the molecule is CN1CCN(C(=O)[C@H]2CCc3c(sc4ncnc(Nc5cc6cn[nH]c6cn5)c34)C2)CC1. The molecule has 164 valence electrons. The van der Waals surface area contributed by atoms with Gasteiger partial charge in [0.25, 0.3) is 0 Å². The molecule has 4 aromatic rings. The monoisotopic (exact) mass is 448 g/mol. The van der Waals surface area contributed by atoms with Crippen molar-refractivity contribution in [1.82, 2.24) is 34.9 Å². The van der Waals surface area contributed by atoms with Crippen LogP contribution in [-0.2, 0) is 17.6 Å². The van der Waals surface area contributed by atoms with Crippen LogP contribution in [0.5, 0.6) is 0 Å². The smallest absolute Gasteiger partial charge is 0.226 e. The van der Waals surface area contributed by atoms with Crippen LogP contribution in [0.25, 0.3) is 21.1 Å². The molecule has 0 aromatic carbocycles. The van der Waals surface area contributed by atoms with E-state index in [0.717, 1.165) is 78.2 Å². The number of anilines is 2. The lowest BCUT2D eigenvalue weighted by Gasteiger charge is -2.35. The summed E-state index contributed by atoms with van der Waals surface area (Å²) in [6.07, 6.45) is 7.67. The van der Waals surface area contributed by atoms with Gasteiger partial charge in [0.05, 0.1) is 23.3 Å². The average molecular weight is 449 g/mol. The first-order valence-electron chi connectivity index (χ1n) is 10.9. The minimum absolute atomic E-state index is 0.0634. The molecule has 10 heteroatoms. The maximum Gasteiger partial charge on any atom is 0.226 e. The highest BCUT2D eigenvalue weighted by Gasteiger charge is 2.32. The van der Waals surface area contributed by atoms with Crippen LogP contribution < -0.4 is 5.32 Å². The highest BCUT2D eigenvalue weighted by molar-refractivity contribution is 7.19. The molecule has 1 amide bonds. The summed E-state index contributed by atoms with van der Waals surface area (Å²) in [6.45, 7) is 3.57. The highest BCUT2D eigenvalue weighted by atomic mass is 32.1. The van der Waals surface area contributed by atoms with Crippen LogP contribution >= 0.6 is 11.3 Å². The summed E-state index contributed by atoms with van der Waals surface area (Å²) in [5.41, 5.74) is 2.17. The molecule has 2 aliphatic rings. The molecule has 32 heavy (non-hydrogen) atoms. The van der Waals surface area contributed by atoms with E-state index in [2.05, 4.69) is 42.4 Å². The number of carbonyl (C=O) groups excluding carboxylic acids is 1. The quantitative estimate of drug-likeness (QED) is 0.497. The number of aromatic nitrogens is 5. The minimum atomic E-state index is 0.0634. The fourth-order valence-electron chi connectivity index (χ4n) is 4.73. The van der Waals surface area contributed by atoms with E-state index in [0.29, 0.717) is 5.91 Å². The summed E-state index contributed by atoms with van der Waals surface area (Å²) in [5, 5.41) is 12.4. The van der Waals surface area contributed by atoms with Crippen molar-refractivity contribution < 1.29 is 4.79 Å². The van der Waals surface area contributed by atoms with E-state index in [1.807, 2.05) is 11.0 Å². The van der Waals surface area contributed by atoms with Gasteiger partial charge in [0.2, 0.25) is 5.91 Å². The van der Waals surface area contributed by atoms with Crippen molar-refractivity contribution in [3.05, 3.63) is 35.2 Å². The van der Waals surface area contributed by atoms with Crippen molar-refractivity contribution in [3.63, 3.8) is 0 Å². The lowest BCUT2D eigenvalue weighted by atomic mass is 9.86. The van der Waals surface area contributed by atoms with Crippen LogP contribution in [0, 0.1) is 5.92 Å². The lowest BCUT2D eigenvalue weighted by Crippen LogP contribution is -2.49. The summed E-state index contributed by atoms with van der Waals surface area (Å²) in [7, 11) is 2.11. The maximum absolute atomic E-state index is 13.1. The second-order valence-electron chi connectivity index (χ2n) is 8.63. The van der Waals surface area contributed by atoms with Crippen molar-refractivity contribution in [1.29, 1.82) is 0 Å². The molecule has 1 fully saturated rings. The van der Waals surface area contributed by atoms with Gasteiger partial charge in [-0.05, 0) is 37.9 Å². The average Bonchev–Trinajstić information content (AvgIpc) is 3.43. The Kier molecular flexibility index (Phi) is 4.76. The zero-order chi connectivity index (χ0) is 21.7. The topological polar surface area (TPSA) is 103 Å². The van der Waals surface area contributed by atoms with E-state index in [9.17, 15) is 4.79 Å². The molecule has 9 nitrogen and oxygen atoms in total. The molecular formula is C22H24N8OS. The van der Waals surface area contributed by atoms with Crippen LogP contribution in [0.15, 0.2) is 24.8 Å². The Balaban J connectivity index is 1.27. The third-order valence-corrected chi connectivity index (χ3v) is 7.74. The number of rotatable bonds is 3. The van der Waals surface area contributed by atoms with Gasteiger partial charge >= 0.3 is 0 Å². The number of likely N-dealkylation sites (N-methyl/N-ethyl adjacent to an activating group) is 1. The van der Waals surface area contributed by atoms with Gasteiger partial charge in [-0.2, -0.15) is 5.10 Å². The summed E-state index contributed by atoms with van der Waals surface area (Å²) >= 11 is 1.69. The molecule has 0 bridgehead atoms. The van der Waals surface area contributed by atoms with E-state index < -0.39 is 0 Å². The Bertz CT molecular complexity index is 1310. The van der Waals surface area contributed by atoms with Gasteiger partial charge in [0, 0.05) is 42.4 Å². The fraction of sp³-hybridized carbons (Fsp3) is 0.409. The first kappa shape index (κ1) is 19.6. The van der Waals surface area contributed by atoms with Crippen molar-refractivity contribution >= 4 is 50.0 Å². The van der Waals surface area contributed by atoms with Crippen molar-refractivity contribution in [2.75, 3.05) is 38.5 Å². The number of aromatic amines is 1. The number of hydrogen-bond acceptors (Lipinski definition) is 8. The van der Waals surface area contributed by atoms with Crippen molar-refractivity contribution in [2.24, 2.45) is 5.92 Å². The Morgan fingerprint density at radius 3 is 2.94 bits per heavy atom. The van der Waals surface area contributed by atoms with E-state index in [4.69, 9.17) is 0 Å². The van der Waals surface area contributed by atoms with Gasteiger partial charge in [-0.3, -0.25) is 9.89 Å². The number of hydrogen-bond donors (Lipinski definition) is 2. The molecule has 2 N–H and O–H groups in total. The number of thiophene rings is 1. The summed E-state index contributed by atoms with van der Waals surface area (Å²) in [5.74, 6) is 1.86. The third-order valence-electron chi connectivity index (χ3n) is 6.58. The molecule has 1 saturated heterocycles. The van der Waals surface area contributed by atoms with E-state index in [1.165, 1.54) is 10.4 Å². The molecular weight excluding hydrogens is 424 g/mol. The van der Waals surface area contributed by atoms with Gasteiger partial charge in [0.15, 0.2) is 0 Å². The first-order valence-corrected chi connectivity index (χ1v) is 11.8. The molecule has 1 atom stereocenters. The Morgan fingerprint density at radius 2 is 2.06 bits per heavy atom. The second-order valence-corrected chi connectivity index (χ2v) is 9.71. The predicted octanol–water partition coefficient (Wildman–Crippen LogP) is 2.59. The van der Waals surface area contributed by atoms with E-state index >= 15 is 0 Å². The molecule has 0 saturated carbocycles. The van der Waals surface area contributed by atoms with E-state index in [1.54, 1.807) is 30.1 Å². The largest absolute Gasteiger partial charge is 0.340 e. The van der Waals surface area contributed by atoms with Gasteiger partial charge < -0.3 is 15.1 Å². The number of carbonyl (C=O) groups is 1. The van der Waals surface area contributed by atoms with Gasteiger partial charge in [-0.15, -0.1) is 11.3 Å². The third kappa shape index (κ3) is 3.39. The number of fused-ring (bicyclic) bond motifs is 4. The number of H-pyrrole nitrogens is 1. The van der Waals surface area contributed by atoms with E-state index in [-0.39, 0.29) is 5.92 Å². The van der Waals surface area contributed by atoms with Crippen LogP contribution in [0.2, 0.25) is 0 Å². The highest BCUT2D eigenvalue weighted by Crippen LogP contribution is 2.40. The van der Waals surface area contributed by atoms with Gasteiger partial charge in [-0.1, -0.05) is 0 Å². The van der Waals surface area contributed by atoms with Crippen LogP contribution in [-0.4, -0.2) is 74.1 Å². The molecule has 1 aliphatic carbocycles. The number of piperazine rings is 1. The number of nitrogens with one attached hydrogen (secondary N) is 2. The first-order chi connectivity index (χ1) is 15.7. The summed E-state index contributed by atoms with van der Waals surface area (Å²) in [6, 6.07) is 1.95. The zero-order valence-corrected chi connectivity index (χ0v) is 18.7. The molecule has 0 spiro atoms. The second kappa shape index (κ2) is 7.79. The Labute approximate surface area is 188 Å². The number of amides is 1. The molecule has 6 rings (SSSR count). The molecule has 4 aromatic heterocycles. The predicted molar refractivity (Wildman–Crippen MR) is 124 cm³/mol. The molecule has 0 unspecified atom stereocenters. The minimum Gasteiger partial charge on any atom is -0.340 e. The summed E-state index contributed by atoms with van der Waals surface area (Å²) < 4.78 is 0. The maximum atomic E-state index is 13.1. The van der Waals surface area contributed by atoms with Crippen molar-refractivity contribution in [3.8, 4) is 0 Å². The Morgan fingerprint density at radius 1 is 1.19 bits per heavy atom. The standard InChI is InChI=1S/C22H24N8OS/c1-29-4-6-30(7-5-29)22(31)13-2-3-15-17(8-13)32-21-19(15)20(24-12-25-21)27-18-9-14-10-26-28-16(14)11-23-18/h9-13H,2-8H2,1H3,(H,26,28)(H,23,24,25,27)/t13-/m0/s1. The number of pyridine rings is 1. The Hall–Kier alpha value is -3.11. The number of aryl methyl sites for hydroxylation is 1. The normalized spacial score (nSPS) is 19.4. The summed E-state index contributed by atoms with van der Waals surface area (Å²) in [4.78, 5) is 33.2. The molecule has 1 aliphatic heterocycles. The van der Waals surface area contributed by atoms with Gasteiger partial charge in [0.1, 0.15) is 22.8 Å². The van der Waals surface area contributed by atoms with Crippen LogP contribution in [0.3, 0.4) is 0 Å². The van der Waals surface area contributed by atoms with Gasteiger partial charge in [-0.25, -0.2) is 15.0 Å². The lowest BCUT2D eigenvalue weighted by molar-refractivity contribution is -0.137. The molecule has 0 radical (unpaired) electrons. The van der Waals surface area contributed by atoms with Crippen LogP contribution in [0.4, 0.5) is 11.6 Å². The number of nitrogens with zero attached hydrogens (tertiary/aromatic N) is 6. The van der Waals surface area contributed by atoms with Crippen molar-refractivity contribution in [2.45, 2.75) is 19.3 Å².